The van der Waals surface area contributed by atoms with Crippen molar-refractivity contribution >= 4 is 11.7 Å². The van der Waals surface area contributed by atoms with Gasteiger partial charge < -0.3 is 18.9 Å². The Morgan fingerprint density at radius 1 is 1.31 bits per heavy atom. The third-order valence-corrected chi connectivity index (χ3v) is 4.67. The normalized spacial score (nSPS) is 17.4. The standard InChI is InChI=1S/C19H25N3O4/c1-12(2)18-20-19(21-26-18)22-9-5-6-13(11-22)17(23)15-8-7-14(24-3)10-16(15)25-4/h7-8,10,12-13H,5-6,9,11H2,1-4H3. The van der Waals surface area contributed by atoms with Crippen LogP contribution in [-0.4, -0.2) is 43.2 Å². The van der Waals surface area contributed by atoms with Crippen molar-refractivity contribution in [1.82, 2.24) is 10.1 Å². The van der Waals surface area contributed by atoms with Gasteiger partial charge in [-0.3, -0.25) is 4.79 Å². The van der Waals surface area contributed by atoms with Crippen molar-refractivity contribution in [1.29, 1.82) is 0 Å². The summed E-state index contributed by atoms with van der Waals surface area (Å²) in [5.41, 5.74) is 0.580. The van der Waals surface area contributed by atoms with E-state index in [-0.39, 0.29) is 17.6 Å². The van der Waals surface area contributed by atoms with E-state index in [1.54, 1.807) is 32.4 Å². The number of rotatable bonds is 6. The minimum absolute atomic E-state index is 0.0711. The van der Waals surface area contributed by atoms with Crippen LogP contribution in [0.1, 0.15) is 48.9 Å². The van der Waals surface area contributed by atoms with E-state index in [0.717, 1.165) is 19.4 Å². The second-order valence-electron chi connectivity index (χ2n) is 6.80. The Balaban J connectivity index is 1.77. The van der Waals surface area contributed by atoms with E-state index in [1.807, 2.05) is 18.7 Å². The molecular weight excluding hydrogens is 334 g/mol. The number of hydrogen-bond acceptors (Lipinski definition) is 7. The first-order valence-corrected chi connectivity index (χ1v) is 8.88. The number of hydrogen-bond donors (Lipinski definition) is 0. The molecule has 0 amide bonds. The summed E-state index contributed by atoms with van der Waals surface area (Å²) < 4.78 is 15.9. The lowest BCUT2D eigenvalue weighted by Gasteiger charge is -2.31. The molecule has 7 heteroatoms. The van der Waals surface area contributed by atoms with Crippen LogP contribution in [0.15, 0.2) is 22.7 Å². The molecule has 0 aliphatic carbocycles. The third-order valence-electron chi connectivity index (χ3n) is 4.67. The molecular formula is C19H25N3O4. The summed E-state index contributed by atoms with van der Waals surface area (Å²) in [7, 11) is 3.15. The second kappa shape index (κ2) is 7.76. The Morgan fingerprint density at radius 2 is 2.12 bits per heavy atom. The predicted octanol–water partition coefficient (Wildman–Crippen LogP) is 3.31. The van der Waals surface area contributed by atoms with Crippen LogP contribution < -0.4 is 14.4 Å². The van der Waals surface area contributed by atoms with Crippen LogP contribution in [0, 0.1) is 5.92 Å². The highest BCUT2D eigenvalue weighted by molar-refractivity contribution is 6.00. The second-order valence-corrected chi connectivity index (χ2v) is 6.80. The van der Waals surface area contributed by atoms with Gasteiger partial charge in [0.1, 0.15) is 11.5 Å². The number of carbonyl (C=O) groups is 1. The lowest BCUT2D eigenvalue weighted by molar-refractivity contribution is 0.0903. The van der Waals surface area contributed by atoms with E-state index in [1.165, 1.54) is 0 Å². The van der Waals surface area contributed by atoms with Gasteiger partial charge in [0.25, 0.3) is 5.95 Å². The fraction of sp³-hybridized carbons (Fsp3) is 0.526. The van der Waals surface area contributed by atoms with Crippen LogP contribution in [-0.2, 0) is 0 Å². The summed E-state index contributed by atoms with van der Waals surface area (Å²) in [5.74, 6) is 2.50. The van der Waals surface area contributed by atoms with E-state index >= 15 is 0 Å². The van der Waals surface area contributed by atoms with Gasteiger partial charge in [-0.25, -0.2) is 0 Å². The van der Waals surface area contributed by atoms with E-state index in [9.17, 15) is 4.79 Å². The van der Waals surface area contributed by atoms with E-state index < -0.39 is 0 Å². The van der Waals surface area contributed by atoms with Gasteiger partial charge in [0, 0.05) is 31.0 Å². The van der Waals surface area contributed by atoms with Crippen molar-refractivity contribution < 1.29 is 18.8 Å². The average molecular weight is 359 g/mol. The molecule has 0 saturated carbocycles. The van der Waals surface area contributed by atoms with Gasteiger partial charge in [-0.1, -0.05) is 13.8 Å². The third kappa shape index (κ3) is 3.66. The molecule has 1 fully saturated rings. The molecule has 1 atom stereocenters. The summed E-state index contributed by atoms with van der Waals surface area (Å²) >= 11 is 0. The van der Waals surface area contributed by atoms with Crippen LogP contribution >= 0.6 is 0 Å². The molecule has 0 radical (unpaired) electrons. The van der Waals surface area contributed by atoms with Gasteiger partial charge in [0.15, 0.2) is 5.78 Å². The number of ketones is 1. The number of anilines is 1. The van der Waals surface area contributed by atoms with Crippen LogP contribution in [0.25, 0.3) is 0 Å². The minimum atomic E-state index is -0.132. The highest BCUT2D eigenvalue weighted by Crippen LogP contribution is 2.30. The maximum Gasteiger partial charge on any atom is 0.266 e. The van der Waals surface area contributed by atoms with Crippen molar-refractivity contribution in [3.63, 3.8) is 0 Å². The van der Waals surface area contributed by atoms with Gasteiger partial charge >= 0.3 is 0 Å². The Kier molecular flexibility index (Phi) is 5.44. The molecule has 3 rings (SSSR count). The van der Waals surface area contributed by atoms with Crippen LogP contribution in [0.5, 0.6) is 11.5 Å². The number of carbonyl (C=O) groups excluding carboxylic acids is 1. The molecule has 1 aromatic heterocycles. The predicted molar refractivity (Wildman–Crippen MR) is 97.2 cm³/mol. The van der Waals surface area contributed by atoms with E-state index in [0.29, 0.717) is 35.4 Å². The topological polar surface area (TPSA) is 77.7 Å². The summed E-state index contributed by atoms with van der Waals surface area (Å²) in [4.78, 5) is 19.5. The number of methoxy groups -OCH3 is 2. The molecule has 2 heterocycles. The van der Waals surface area contributed by atoms with Crippen molar-refractivity contribution in [3.8, 4) is 11.5 Å². The largest absolute Gasteiger partial charge is 0.497 e. The van der Waals surface area contributed by atoms with E-state index in [4.69, 9.17) is 14.0 Å². The summed E-state index contributed by atoms with van der Waals surface area (Å²) in [6.07, 6.45) is 1.74. The maximum atomic E-state index is 13.1. The number of aromatic nitrogens is 2. The molecule has 0 N–H and O–H groups in total. The Morgan fingerprint density at radius 3 is 2.77 bits per heavy atom. The average Bonchev–Trinajstić information content (AvgIpc) is 3.17. The quantitative estimate of drug-likeness (QED) is 0.732. The van der Waals surface area contributed by atoms with Crippen LogP contribution in [0.3, 0.4) is 0 Å². The summed E-state index contributed by atoms with van der Waals surface area (Å²) in [5, 5.41) is 4.07. The molecule has 1 aromatic carbocycles. The minimum Gasteiger partial charge on any atom is -0.497 e. The summed E-state index contributed by atoms with van der Waals surface area (Å²) in [6, 6.07) is 5.29. The van der Waals surface area contributed by atoms with Crippen molar-refractivity contribution in [3.05, 3.63) is 29.7 Å². The zero-order valence-electron chi connectivity index (χ0n) is 15.7. The number of benzene rings is 1. The Hall–Kier alpha value is -2.57. The number of nitrogens with zero attached hydrogens (tertiary/aromatic N) is 3. The van der Waals surface area contributed by atoms with Crippen LogP contribution in [0.4, 0.5) is 5.95 Å². The van der Waals surface area contributed by atoms with Gasteiger partial charge in [-0.2, -0.15) is 4.98 Å². The molecule has 7 nitrogen and oxygen atoms in total. The lowest BCUT2D eigenvalue weighted by Crippen LogP contribution is -2.39. The highest BCUT2D eigenvalue weighted by atomic mass is 16.5. The maximum absolute atomic E-state index is 13.1. The fourth-order valence-corrected chi connectivity index (χ4v) is 3.18. The lowest BCUT2D eigenvalue weighted by atomic mass is 9.89. The van der Waals surface area contributed by atoms with Gasteiger partial charge in [-0.15, -0.1) is 0 Å². The van der Waals surface area contributed by atoms with Gasteiger partial charge in [-0.05, 0) is 30.1 Å². The zero-order chi connectivity index (χ0) is 18.7. The van der Waals surface area contributed by atoms with Gasteiger partial charge in [0.05, 0.1) is 19.8 Å². The first-order chi connectivity index (χ1) is 12.5. The summed E-state index contributed by atoms with van der Waals surface area (Å²) in [6.45, 7) is 5.41. The molecule has 140 valence electrons. The number of piperidine rings is 1. The van der Waals surface area contributed by atoms with Gasteiger partial charge in [0.2, 0.25) is 5.89 Å². The van der Waals surface area contributed by atoms with Crippen molar-refractivity contribution in [2.45, 2.75) is 32.6 Å². The van der Waals surface area contributed by atoms with Crippen molar-refractivity contribution in [2.24, 2.45) is 5.92 Å². The Labute approximate surface area is 153 Å². The molecule has 26 heavy (non-hydrogen) atoms. The highest BCUT2D eigenvalue weighted by Gasteiger charge is 2.30. The molecule has 0 spiro atoms. The number of Topliss-reactive ketones (excluding diaryl/α,β-unsaturated/α-hetero) is 1. The monoisotopic (exact) mass is 359 g/mol. The molecule has 1 aliphatic rings. The smallest absolute Gasteiger partial charge is 0.266 e. The SMILES string of the molecule is COc1ccc(C(=O)C2CCCN(c3noc(C(C)C)n3)C2)c(OC)c1. The van der Waals surface area contributed by atoms with E-state index in [2.05, 4.69) is 10.1 Å². The van der Waals surface area contributed by atoms with Crippen LogP contribution in [0.2, 0.25) is 0 Å². The first kappa shape index (κ1) is 18.2. The molecule has 1 saturated heterocycles. The zero-order valence-corrected chi connectivity index (χ0v) is 15.7. The number of ether oxygens (including phenoxy) is 2. The van der Waals surface area contributed by atoms with Crippen molar-refractivity contribution in [2.75, 3.05) is 32.2 Å². The first-order valence-electron chi connectivity index (χ1n) is 8.88. The molecule has 1 unspecified atom stereocenters. The Bertz CT molecular complexity index is 772. The molecule has 1 aliphatic heterocycles. The molecule has 2 aromatic rings. The fourth-order valence-electron chi connectivity index (χ4n) is 3.18. The molecule has 0 bridgehead atoms.